The molecule has 0 radical (unpaired) electrons. The Morgan fingerprint density at radius 1 is 0.919 bits per heavy atom. The molecule has 0 spiro atoms. The van der Waals surface area contributed by atoms with Crippen LogP contribution < -0.4 is 0 Å². The van der Waals surface area contributed by atoms with Gasteiger partial charge in [-0.05, 0) is 49.1 Å². The normalized spacial score (nSPS) is 17.4. The summed E-state index contributed by atoms with van der Waals surface area (Å²) in [6, 6.07) is 2.57. The van der Waals surface area contributed by atoms with E-state index >= 15 is 0 Å². The fourth-order valence-electron chi connectivity index (χ4n) is 4.29. The maximum Gasteiger partial charge on any atom is 0.416 e. The molecule has 1 fully saturated rings. The van der Waals surface area contributed by atoms with Crippen LogP contribution in [0.4, 0.5) is 31.1 Å². The van der Waals surface area contributed by atoms with E-state index in [1.54, 1.807) is 15.6 Å². The van der Waals surface area contributed by atoms with Crippen molar-refractivity contribution in [2.24, 2.45) is 0 Å². The molecule has 14 heteroatoms. The summed E-state index contributed by atoms with van der Waals surface area (Å²) in [6.07, 6.45) is -10.0. The summed E-state index contributed by atoms with van der Waals surface area (Å²) in [4.78, 5) is 28.3. The predicted molar refractivity (Wildman–Crippen MR) is 115 cm³/mol. The topological polar surface area (TPSA) is 87.9 Å². The molecular formula is C23H24F6N4O4. The van der Waals surface area contributed by atoms with Gasteiger partial charge in [0.25, 0.3) is 5.91 Å². The Morgan fingerprint density at radius 3 is 2.14 bits per heavy atom. The molecule has 1 N–H and O–H groups in total. The van der Waals surface area contributed by atoms with Crippen molar-refractivity contribution in [1.29, 1.82) is 0 Å². The van der Waals surface area contributed by atoms with Gasteiger partial charge in [-0.25, -0.2) is 4.79 Å². The first-order valence-corrected chi connectivity index (χ1v) is 11.6. The van der Waals surface area contributed by atoms with Crippen molar-refractivity contribution in [3.8, 4) is 0 Å². The van der Waals surface area contributed by atoms with Crippen LogP contribution in [-0.2, 0) is 36.8 Å². The Bertz CT molecular complexity index is 1120. The van der Waals surface area contributed by atoms with Gasteiger partial charge in [-0.2, -0.15) is 31.4 Å². The molecule has 2 aromatic rings. The summed E-state index contributed by atoms with van der Waals surface area (Å²) in [5.74, 6) is -0.299. The number of halogens is 6. The molecule has 1 aromatic heterocycles. The van der Waals surface area contributed by atoms with Gasteiger partial charge in [0.05, 0.1) is 29.5 Å². The van der Waals surface area contributed by atoms with Gasteiger partial charge in [0.2, 0.25) is 0 Å². The standard InChI is InChI=1S/C23H24F6N4O4/c24-22(25,26)15-8-14(9-16(10-15)23(27,28)29)13-37-21(36)32-4-1-5-33-17(12-32)11-19(30-33)20(35)31-6-2-18(34)3-7-31/h8-11,18,34H,1-7,12-13H2. The highest BCUT2D eigenvalue weighted by Crippen LogP contribution is 2.36. The number of aryl methyl sites for hydroxylation is 1. The molecule has 0 unspecified atom stereocenters. The number of hydrogen-bond donors (Lipinski definition) is 1. The highest BCUT2D eigenvalue weighted by molar-refractivity contribution is 5.92. The zero-order valence-corrected chi connectivity index (χ0v) is 19.5. The lowest BCUT2D eigenvalue weighted by Gasteiger charge is -2.28. The Balaban J connectivity index is 1.43. The zero-order valence-electron chi connectivity index (χ0n) is 19.5. The summed E-state index contributed by atoms with van der Waals surface area (Å²) < 4.78 is 85.1. The van der Waals surface area contributed by atoms with Crippen molar-refractivity contribution in [3.05, 3.63) is 52.3 Å². The number of aromatic nitrogens is 2. The Morgan fingerprint density at radius 2 is 1.54 bits per heavy atom. The lowest BCUT2D eigenvalue weighted by Crippen LogP contribution is -2.40. The number of alkyl halides is 6. The van der Waals surface area contributed by atoms with Crippen LogP contribution in [0.25, 0.3) is 0 Å². The molecule has 2 amide bonds. The highest BCUT2D eigenvalue weighted by Gasteiger charge is 2.37. The van der Waals surface area contributed by atoms with Gasteiger partial charge < -0.3 is 19.6 Å². The number of aliphatic hydroxyl groups excluding tert-OH is 1. The third-order valence-electron chi connectivity index (χ3n) is 6.25. The van der Waals surface area contributed by atoms with E-state index in [1.807, 2.05) is 0 Å². The van der Waals surface area contributed by atoms with Crippen molar-refractivity contribution in [2.45, 2.75) is 57.4 Å². The Kier molecular flexibility index (Phi) is 7.40. The second-order valence-electron chi connectivity index (χ2n) is 9.01. The van der Waals surface area contributed by atoms with Crippen LogP contribution in [0.15, 0.2) is 24.3 Å². The van der Waals surface area contributed by atoms with Gasteiger partial charge in [-0.1, -0.05) is 0 Å². The molecule has 37 heavy (non-hydrogen) atoms. The second kappa shape index (κ2) is 10.2. The van der Waals surface area contributed by atoms with Crippen LogP contribution in [0.3, 0.4) is 0 Å². The van der Waals surface area contributed by atoms with E-state index in [4.69, 9.17) is 4.74 Å². The number of aliphatic hydroxyl groups is 1. The number of carbonyl (C=O) groups excluding carboxylic acids is 2. The van der Waals surface area contributed by atoms with E-state index in [2.05, 4.69) is 5.10 Å². The molecule has 0 atom stereocenters. The highest BCUT2D eigenvalue weighted by atomic mass is 19.4. The van der Waals surface area contributed by atoms with E-state index in [9.17, 15) is 41.0 Å². The lowest BCUT2D eigenvalue weighted by atomic mass is 10.1. The SMILES string of the molecule is O=C(OCc1cc(C(F)(F)F)cc(C(F)(F)F)c1)N1CCCn2nc(C(=O)N3CCC(O)CC3)cc2C1. The number of nitrogens with zero attached hydrogens (tertiary/aromatic N) is 4. The van der Waals surface area contributed by atoms with Crippen LogP contribution >= 0.6 is 0 Å². The molecule has 2 aliphatic heterocycles. The van der Waals surface area contributed by atoms with E-state index in [1.165, 1.54) is 4.90 Å². The largest absolute Gasteiger partial charge is 0.445 e. The summed E-state index contributed by atoms with van der Waals surface area (Å²) in [5, 5.41) is 14.0. The van der Waals surface area contributed by atoms with Crippen molar-refractivity contribution >= 4 is 12.0 Å². The van der Waals surface area contributed by atoms with Gasteiger partial charge in [0.1, 0.15) is 6.61 Å². The smallest absolute Gasteiger partial charge is 0.416 e. The lowest BCUT2D eigenvalue weighted by molar-refractivity contribution is -0.143. The van der Waals surface area contributed by atoms with Gasteiger partial charge in [-0.3, -0.25) is 9.48 Å². The van der Waals surface area contributed by atoms with Gasteiger partial charge in [0.15, 0.2) is 5.69 Å². The van der Waals surface area contributed by atoms with E-state index in [0.717, 1.165) is 0 Å². The quantitative estimate of drug-likeness (QED) is 0.601. The maximum absolute atomic E-state index is 13.1. The number of hydrogen-bond acceptors (Lipinski definition) is 5. The molecule has 0 aliphatic carbocycles. The first-order valence-electron chi connectivity index (χ1n) is 11.6. The van der Waals surface area contributed by atoms with Gasteiger partial charge in [0, 0.05) is 26.2 Å². The minimum Gasteiger partial charge on any atom is -0.445 e. The molecule has 1 saturated heterocycles. The Hall–Kier alpha value is -3.29. The zero-order chi connectivity index (χ0) is 27.0. The van der Waals surface area contributed by atoms with E-state index in [0.29, 0.717) is 56.7 Å². The predicted octanol–water partition coefficient (Wildman–Crippen LogP) is 4.06. The molecule has 1 aromatic carbocycles. The molecule has 8 nitrogen and oxygen atoms in total. The number of likely N-dealkylation sites (tertiary alicyclic amines) is 1. The fourth-order valence-corrected chi connectivity index (χ4v) is 4.29. The summed E-state index contributed by atoms with van der Waals surface area (Å²) in [5.41, 5.74) is -2.71. The minimum atomic E-state index is -5.01. The number of piperidine rings is 1. The number of benzene rings is 1. The van der Waals surface area contributed by atoms with E-state index < -0.39 is 47.8 Å². The number of rotatable bonds is 3. The molecule has 0 bridgehead atoms. The Labute approximate surface area is 207 Å². The second-order valence-corrected chi connectivity index (χ2v) is 9.01. The average Bonchev–Trinajstić information content (AvgIpc) is 3.12. The monoisotopic (exact) mass is 534 g/mol. The van der Waals surface area contributed by atoms with Crippen LogP contribution in [0.2, 0.25) is 0 Å². The number of carbonyl (C=O) groups is 2. The first-order chi connectivity index (χ1) is 17.3. The molecule has 3 heterocycles. The molecule has 2 aliphatic rings. The minimum absolute atomic E-state index is 0.00573. The van der Waals surface area contributed by atoms with Crippen molar-refractivity contribution in [1.82, 2.24) is 19.6 Å². The number of amides is 2. The van der Waals surface area contributed by atoms with Crippen LogP contribution in [0, 0.1) is 0 Å². The molecule has 0 saturated carbocycles. The molecular weight excluding hydrogens is 510 g/mol. The maximum atomic E-state index is 13.1. The number of fused-ring (bicyclic) bond motifs is 1. The molecule has 4 rings (SSSR count). The first kappa shape index (κ1) is 26.8. The number of ether oxygens (including phenoxy) is 1. The van der Waals surface area contributed by atoms with Gasteiger partial charge >= 0.3 is 18.4 Å². The van der Waals surface area contributed by atoms with E-state index in [-0.39, 0.29) is 30.8 Å². The third-order valence-corrected chi connectivity index (χ3v) is 6.25. The third kappa shape index (κ3) is 6.35. The van der Waals surface area contributed by atoms with Crippen LogP contribution in [-0.4, -0.2) is 62.4 Å². The summed E-state index contributed by atoms with van der Waals surface area (Å²) in [7, 11) is 0. The van der Waals surface area contributed by atoms with Crippen LogP contribution in [0.1, 0.15) is 52.1 Å². The van der Waals surface area contributed by atoms with Crippen molar-refractivity contribution in [2.75, 3.05) is 19.6 Å². The average molecular weight is 534 g/mol. The van der Waals surface area contributed by atoms with Gasteiger partial charge in [-0.15, -0.1) is 0 Å². The van der Waals surface area contributed by atoms with Crippen LogP contribution in [0.5, 0.6) is 0 Å². The molecule has 202 valence electrons. The summed E-state index contributed by atoms with van der Waals surface area (Å²) >= 11 is 0. The summed E-state index contributed by atoms with van der Waals surface area (Å²) in [6.45, 7) is 0.610. The van der Waals surface area contributed by atoms with Crippen molar-refractivity contribution < 1.29 is 45.8 Å². The fraction of sp³-hybridized carbons (Fsp3) is 0.522. The van der Waals surface area contributed by atoms with Crippen molar-refractivity contribution in [3.63, 3.8) is 0 Å².